The van der Waals surface area contributed by atoms with Crippen LogP contribution in [-0.4, -0.2) is 24.2 Å². The lowest BCUT2D eigenvalue weighted by atomic mass is 10.1. The number of anilines is 1. The molecular weight excluding hydrogens is 301 g/mol. The van der Waals surface area contributed by atoms with Gasteiger partial charge in [0, 0.05) is 13.1 Å². The predicted molar refractivity (Wildman–Crippen MR) is 73.9 cm³/mol. The number of nitrogens with zero attached hydrogens (tertiary/aromatic N) is 1. The van der Waals surface area contributed by atoms with Crippen molar-refractivity contribution < 1.29 is 14.3 Å². The van der Waals surface area contributed by atoms with Crippen LogP contribution in [0.1, 0.15) is 37.0 Å². The third kappa shape index (κ3) is 3.22. The molecule has 1 N–H and O–H groups in total. The molecule has 1 aromatic carbocycles. The van der Waals surface area contributed by atoms with Gasteiger partial charge in [0.1, 0.15) is 0 Å². The molecule has 0 radical (unpaired) electrons. The summed E-state index contributed by atoms with van der Waals surface area (Å²) in [5.74, 6) is -1.64. The van der Waals surface area contributed by atoms with E-state index in [-0.39, 0.29) is 10.0 Å². The lowest BCUT2D eigenvalue weighted by Gasteiger charge is -2.24. The van der Waals surface area contributed by atoms with Gasteiger partial charge in [0.25, 0.3) is 0 Å². The topological polar surface area (TPSA) is 40.5 Å². The molecule has 0 aromatic heterocycles. The van der Waals surface area contributed by atoms with Crippen LogP contribution in [0.15, 0.2) is 16.6 Å². The molecule has 0 saturated carbocycles. The monoisotopic (exact) mass is 317 g/mol. The first kappa shape index (κ1) is 15.0. The van der Waals surface area contributed by atoms with Gasteiger partial charge in [-0.05, 0) is 40.9 Å². The summed E-state index contributed by atoms with van der Waals surface area (Å²) in [7, 11) is 0. The van der Waals surface area contributed by atoms with Crippen LogP contribution in [0, 0.1) is 5.82 Å². The molecule has 0 unspecified atom stereocenters. The van der Waals surface area contributed by atoms with Gasteiger partial charge in [0.05, 0.1) is 15.7 Å². The Morgan fingerprint density at radius 3 is 2.33 bits per heavy atom. The number of benzene rings is 1. The lowest BCUT2D eigenvalue weighted by Crippen LogP contribution is -2.26. The highest BCUT2D eigenvalue weighted by Gasteiger charge is 2.18. The number of aromatic carboxylic acids is 1. The Balaban J connectivity index is 3.16. The Hall–Kier alpha value is -1.10. The fourth-order valence-electron chi connectivity index (χ4n) is 1.84. The van der Waals surface area contributed by atoms with Crippen molar-refractivity contribution >= 4 is 27.6 Å². The predicted octanol–water partition coefficient (Wildman–Crippen LogP) is 3.91. The molecule has 0 amide bonds. The first-order valence-corrected chi connectivity index (χ1v) is 6.78. The van der Waals surface area contributed by atoms with Crippen molar-refractivity contribution in [2.75, 3.05) is 18.0 Å². The van der Waals surface area contributed by atoms with Crippen LogP contribution in [0.3, 0.4) is 0 Å². The molecule has 18 heavy (non-hydrogen) atoms. The summed E-state index contributed by atoms with van der Waals surface area (Å²) < 4.78 is 14.2. The molecule has 100 valence electrons. The van der Waals surface area contributed by atoms with Crippen LogP contribution >= 0.6 is 15.9 Å². The summed E-state index contributed by atoms with van der Waals surface area (Å²) >= 11 is 3.02. The smallest absolute Gasteiger partial charge is 0.336 e. The molecule has 0 heterocycles. The van der Waals surface area contributed by atoms with Crippen LogP contribution in [0.5, 0.6) is 0 Å². The highest BCUT2D eigenvalue weighted by molar-refractivity contribution is 9.10. The summed E-state index contributed by atoms with van der Waals surface area (Å²) in [6, 6.07) is 2.97. The molecule has 0 aliphatic carbocycles. The molecular formula is C13H17BrFNO2. The van der Waals surface area contributed by atoms with E-state index in [1.807, 2.05) is 18.7 Å². The largest absolute Gasteiger partial charge is 0.478 e. The van der Waals surface area contributed by atoms with Gasteiger partial charge in [0.2, 0.25) is 0 Å². The van der Waals surface area contributed by atoms with Crippen LogP contribution in [-0.2, 0) is 0 Å². The van der Waals surface area contributed by atoms with Gasteiger partial charge in [-0.15, -0.1) is 0 Å². The molecule has 1 rings (SSSR count). The van der Waals surface area contributed by atoms with E-state index in [9.17, 15) is 9.18 Å². The van der Waals surface area contributed by atoms with E-state index in [2.05, 4.69) is 15.9 Å². The molecule has 5 heteroatoms. The van der Waals surface area contributed by atoms with E-state index >= 15 is 0 Å². The molecule has 0 aliphatic rings. The minimum atomic E-state index is -1.13. The summed E-state index contributed by atoms with van der Waals surface area (Å²) in [6.45, 7) is 5.57. The Morgan fingerprint density at radius 2 is 1.89 bits per heavy atom. The summed E-state index contributed by atoms with van der Waals surface area (Å²) in [6.07, 6.45) is 1.83. The third-order valence-electron chi connectivity index (χ3n) is 2.62. The number of hydrogen-bond donors (Lipinski definition) is 1. The second kappa shape index (κ2) is 6.73. The zero-order valence-electron chi connectivity index (χ0n) is 10.5. The number of rotatable bonds is 6. The standard InChI is InChI=1S/C13H17BrFNO2/c1-3-7-16(8-4-2)10-6-5-9(13(17)18)11(14)12(10)15/h5-6H,3-4,7-8H2,1-2H3,(H,17,18). The van der Waals surface area contributed by atoms with Crippen LogP contribution in [0.4, 0.5) is 10.1 Å². The van der Waals surface area contributed by atoms with Crippen LogP contribution < -0.4 is 4.90 Å². The summed E-state index contributed by atoms with van der Waals surface area (Å²) in [5, 5.41) is 8.92. The van der Waals surface area contributed by atoms with E-state index < -0.39 is 11.8 Å². The molecule has 0 bridgehead atoms. The van der Waals surface area contributed by atoms with E-state index in [1.165, 1.54) is 12.1 Å². The van der Waals surface area contributed by atoms with Crippen molar-refractivity contribution in [1.82, 2.24) is 0 Å². The average molecular weight is 318 g/mol. The van der Waals surface area contributed by atoms with Crippen molar-refractivity contribution in [3.63, 3.8) is 0 Å². The molecule has 0 saturated heterocycles. The molecule has 0 aliphatic heterocycles. The second-order valence-corrected chi connectivity index (χ2v) is 4.85. The number of carbonyl (C=O) groups is 1. The fourth-order valence-corrected chi connectivity index (χ4v) is 2.35. The summed E-state index contributed by atoms with van der Waals surface area (Å²) in [4.78, 5) is 12.8. The fraction of sp³-hybridized carbons (Fsp3) is 0.462. The van der Waals surface area contributed by atoms with Gasteiger partial charge in [-0.3, -0.25) is 0 Å². The Morgan fingerprint density at radius 1 is 1.33 bits per heavy atom. The number of carboxylic acid groups (broad SMARTS) is 1. The Bertz CT molecular complexity index is 431. The van der Waals surface area contributed by atoms with E-state index in [0.717, 1.165) is 25.9 Å². The Kier molecular flexibility index (Phi) is 5.59. The zero-order chi connectivity index (χ0) is 13.7. The molecule has 0 fully saturated rings. The van der Waals surface area contributed by atoms with Crippen LogP contribution in [0.25, 0.3) is 0 Å². The third-order valence-corrected chi connectivity index (χ3v) is 3.40. The highest BCUT2D eigenvalue weighted by Crippen LogP contribution is 2.29. The summed E-state index contributed by atoms with van der Waals surface area (Å²) in [5.41, 5.74) is 0.403. The van der Waals surface area contributed by atoms with Gasteiger partial charge in [-0.25, -0.2) is 9.18 Å². The normalized spacial score (nSPS) is 10.4. The first-order chi connectivity index (χ1) is 8.52. The highest BCUT2D eigenvalue weighted by atomic mass is 79.9. The number of hydrogen-bond acceptors (Lipinski definition) is 2. The maximum absolute atomic E-state index is 14.2. The van der Waals surface area contributed by atoms with E-state index in [1.54, 1.807) is 0 Å². The molecule has 0 atom stereocenters. The van der Waals surface area contributed by atoms with Gasteiger partial charge in [-0.2, -0.15) is 0 Å². The number of carboxylic acids is 1. The second-order valence-electron chi connectivity index (χ2n) is 4.05. The number of halogens is 2. The molecule has 0 spiro atoms. The van der Waals surface area contributed by atoms with Crippen molar-refractivity contribution in [3.8, 4) is 0 Å². The van der Waals surface area contributed by atoms with E-state index in [4.69, 9.17) is 5.11 Å². The molecule has 3 nitrogen and oxygen atoms in total. The van der Waals surface area contributed by atoms with Crippen molar-refractivity contribution in [1.29, 1.82) is 0 Å². The van der Waals surface area contributed by atoms with Crippen LogP contribution in [0.2, 0.25) is 0 Å². The van der Waals surface area contributed by atoms with E-state index in [0.29, 0.717) is 5.69 Å². The zero-order valence-corrected chi connectivity index (χ0v) is 12.1. The minimum Gasteiger partial charge on any atom is -0.478 e. The Labute approximate surface area is 115 Å². The van der Waals surface area contributed by atoms with Gasteiger partial charge in [-0.1, -0.05) is 13.8 Å². The van der Waals surface area contributed by atoms with Crippen molar-refractivity contribution in [2.24, 2.45) is 0 Å². The van der Waals surface area contributed by atoms with Crippen molar-refractivity contribution in [3.05, 3.63) is 28.0 Å². The van der Waals surface area contributed by atoms with Gasteiger partial charge in [0.15, 0.2) is 5.82 Å². The van der Waals surface area contributed by atoms with Gasteiger partial charge >= 0.3 is 5.97 Å². The lowest BCUT2D eigenvalue weighted by molar-refractivity contribution is 0.0695. The average Bonchev–Trinajstić information content (AvgIpc) is 2.32. The SMILES string of the molecule is CCCN(CCC)c1ccc(C(=O)O)c(Br)c1F. The molecule has 1 aromatic rings. The maximum atomic E-state index is 14.2. The first-order valence-electron chi connectivity index (χ1n) is 5.99. The minimum absolute atomic E-state index is 0.0182. The maximum Gasteiger partial charge on any atom is 0.336 e. The van der Waals surface area contributed by atoms with Gasteiger partial charge < -0.3 is 10.0 Å². The quantitative estimate of drug-likeness (QED) is 0.864. The van der Waals surface area contributed by atoms with Crippen molar-refractivity contribution in [2.45, 2.75) is 26.7 Å².